The zero-order valence-electron chi connectivity index (χ0n) is 9.53. The Bertz CT molecular complexity index is 316. The summed E-state index contributed by atoms with van der Waals surface area (Å²) in [6.07, 6.45) is 5.71. The molecule has 82 valence electrons. The molecule has 3 heteroatoms. The van der Waals surface area contributed by atoms with Crippen LogP contribution in [-0.4, -0.2) is 25.6 Å². The molecule has 3 nitrogen and oxygen atoms in total. The van der Waals surface area contributed by atoms with Crippen LogP contribution in [0.25, 0.3) is 0 Å². The minimum Gasteiger partial charge on any atom is -0.362 e. The third kappa shape index (κ3) is 2.29. The van der Waals surface area contributed by atoms with Gasteiger partial charge in [0.2, 0.25) is 0 Å². The SMILES string of the molecule is CN(C)c1ncccc1C1CCCCN1. The largest absolute Gasteiger partial charge is 0.362 e. The lowest BCUT2D eigenvalue weighted by Gasteiger charge is -2.27. The maximum Gasteiger partial charge on any atom is 0.132 e. The van der Waals surface area contributed by atoms with Gasteiger partial charge in [0.05, 0.1) is 0 Å². The van der Waals surface area contributed by atoms with E-state index >= 15 is 0 Å². The van der Waals surface area contributed by atoms with Gasteiger partial charge in [-0.2, -0.15) is 0 Å². The van der Waals surface area contributed by atoms with Gasteiger partial charge in [-0.25, -0.2) is 4.98 Å². The van der Waals surface area contributed by atoms with Gasteiger partial charge in [-0.15, -0.1) is 0 Å². The number of anilines is 1. The topological polar surface area (TPSA) is 28.2 Å². The third-order valence-corrected chi connectivity index (χ3v) is 2.93. The number of hydrogen-bond acceptors (Lipinski definition) is 3. The van der Waals surface area contributed by atoms with Crippen molar-refractivity contribution in [2.75, 3.05) is 25.5 Å². The minimum absolute atomic E-state index is 0.491. The first-order valence-corrected chi connectivity index (χ1v) is 5.64. The molecule has 1 N–H and O–H groups in total. The highest BCUT2D eigenvalue weighted by molar-refractivity contribution is 5.47. The second kappa shape index (κ2) is 4.62. The number of nitrogens with one attached hydrogen (secondary N) is 1. The lowest BCUT2D eigenvalue weighted by molar-refractivity contribution is 0.412. The van der Waals surface area contributed by atoms with E-state index in [0.29, 0.717) is 6.04 Å². The summed E-state index contributed by atoms with van der Waals surface area (Å²) in [5.74, 6) is 1.09. The van der Waals surface area contributed by atoms with Crippen molar-refractivity contribution < 1.29 is 0 Å². The predicted octanol–water partition coefficient (Wildman–Crippen LogP) is 1.96. The van der Waals surface area contributed by atoms with Gasteiger partial charge in [-0.1, -0.05) is 12.5 Å². The van der Waals surface area contributed by atoms with Gasteiger partial charge in [0.25, 0.3) is 0 Å². The first-order valence-electron chi connectivity index (χ1n) is 5.64. The summed E-state index contributed by atoms with van der Waals surface area (Å²) in [6, 6.07) is 4.70. The fourth-order valence-electron chi connectivity index (χ4n) is 2.17. The van der Waals surface area contributed by atoms with Crippen molar-refractivity contribution in [3.05, 3.63) is 23.9 Å². The van der Waals surface area contributed by atoms with E-state index in [1.807, 2.05) is 12.3 Å². The van der Waals surface area contributed by atoms with Crippen LogP contribution in [0.4, 0.5) is 5.82 Å². The lowest BCUT2D eigenvalue weighted by atomic mass is 9.98. The average Bonchev–Trinajstić information content (AvgIpc) is 2.30. The van der Waals surface area contributed by atoms with Crippen LogP contribution in [0.3, 0.4) is 0 Å². The van der Waals surface area contributed by atoms with Crippen LogP contribution in [0.5, 0.6) is 0 Å². The molecular formula is C12H19N3. The number of pyridine rings is 1. The number of rotatable bonds is 2. The molecule has 1 atom stereocenters. The summed E-state index contributed by atoms with van der Waals surface area (Å²) in [4.78, 5) is 6.53. The van der Waals surface area contributed by atoms with E-state index in [4.69, 9.17) is 0 Å². The van der Waals surface area contributed by atoms with Crippen LogP contribution in [0, 0.1) is 0 Å². The van der Waals surface area contributed by atoms with E-state index in [2.05, 4.69) is 35.4 Å². The summed E-state index contributed by atoms with van der Waals surface area (Å²) < 4.78 is 0. The fourth-order valence-corrected chi connectivity index (χ4v) is 2.17. The Labute approximate surface area is 91.5 Å². The summed E-state index contributed by atoms with van der Waals surface area (Å²) in [5, 5.41) is 3.56. The Hall–Kier alpha value is -1.09. The molecule has 1 aromatic heterocycles. The van der Waals surface area contributed by atoms with Crippen LogP contribution in [0.2, 0.25) is 0 Å². The van der Waals surface area contributed by atoms with Gasteiger partial charge in [-0.3, -0.25) is 0 Å². The van der Waals surface area contributed by atoms with E-state index in [9.17, 15) is 0 Å². The highest BCUT2D eigenvalue weighted by atomic mass is 15.1. The Morgan fingerprint density at radius 3 is 2.93 bits per heavy atom. The number of hydrogen-bond donors (Lipinski definition) is 1. The number of nitrogens with zero attached hydrogens (tertiary/aromatic N) is 2. The van der Waals surface area contributed by atoms with Crippen LogP contribution in [-0.2, 0) is 0 Å². The van der Waals surface area contributed by atoms with Crippen molar-refractivity contribution in [3.8, 4) is 0 Å². The van der Waals surface area contributed by atoms with Crippen molar-refractivity contribution in [1.29, 1.82) is 0 Å². The summed E-state index contributed by atoms with van der Waals surface area (Å²) in [5.41, 5.74) is 1.34. The molecule has 1 aromatic rings. The Balaban J connectivity index is 2.25. The first-order chi connectivity index (χ1) is 7.29. The molecular weight excluding hydrogens is 186 g/mol. The lowest BCUT2D eigenvalue weighted by Crippen LogP contribution is -2.28. The molecule has 1 aliphatic heterocycles. The normalized spacial score (nSPS) is 21.3. The van der Waals surface area contributed by atoms with Crippen LogP contribution >= 0.6 is 0 Å². The van der Waals surface area contributed by atoms with E-state index < -0.39 is 0 Å². The Morgan fingerprint density at radius 1 is 1.40 bits per heavy atom. The van der Waals surface area contributed by atoms with E-state index in [1.54, 1.807) is 0 Å². The first kappa shape index (κ1) is 10.4. The van der Waals surface area contributed by atoms with Gasteiger partial charge < -0.3 is 10.2 Å². The van der Waals surface area contributed by atoms with Crippen molar-refractivity contribution in [2.24, 2.45) is 0 Å². The predicted molar refractivity (Wildman–Crippen MR) is 63.2 cm³/mol. The van der Waals surface area contributed by atoms with Gasteiger partial charge >= 0.3 is 0 Å². The maximum atomic E-state index is 4.44. The van der Waals surface area contributed by atoms with Gasteiger partial charge in [0, 0.05) is 31.9 Å². The standard InChI is InChI=1S/C12H19N3/c1-15(2)12-10(6-5-9-14-12)11-7-3-4-8-13-11/h5-6,9,11,13H,3-4,7-8H2,1-2H3. The summed E-state index contributed by atoms with van der Waals surface area (Å²) in [7, 11) is 4.10. The molecule has 0 spiro atoms. The molecule has 0 aromatic carbocycles. The van der Waals surface area contributed by atoms with Crippen LogP contribution < -0.4 is 10.2 Å². The second-order valence-corrected chi connectivity index (χ2v) is 4.31. The molecule has 1 fully saturated rings. The fraction of sp³-hybridized carbons (Fsp3) is 0.583. The van der Waals surface area contributed by atoms with Gasteiger partial charge in [-0.05, 0) is 25.5 Å². The van der Waals surface area contributed by atoms with Gasteiger partial charge in [0.1, 0.15) is 5.82 Å². The highest BCUT2D eigenvalue weighted by Gasteiger charge is 2.18. The van der Waals surface area contributed by atoms with Crippen molar-refractivity contribution in [2.45, 2.75) is 25.3 Å². The number of piperidine rings is 1. The monoisotopic (exact) mass is 205 g/mol. The summed E-state index contributed by atoms with van der Waals surface area (Å²) in [6.45, 7) is 1.13. The highest BCUT2D eigenvalue weighted by Crippen LogP contribution is 2.28. The number of aromatic nitrogens is 1. The Kier molecular flexibility index (Phi) is 3.21. The smallest absolute Gasteiger partial charge is 0.132 e. The van der Waals surface area contributed by atoms with E-state index in [0.717, 1.165) is 12.4 Å². The minimum atomic E-state index is 0.491. The molecule has 0 saturated carbocycles. The molecule has 0 aliphatic carbocycles. The van der Waals surface area contributed by atoms with Gasteiger partial charge in [0.15, 0.2) is 0 Å². The molecule has 0 bridgehead atoms. The molecule has 15 heavy (non-hydrogen) atoms. The van der Waals surface area contributed by atoms with Crippen molar-refractivity contribution in [3.63, 3.8) is 0 Å². The zero-order valence-corrected chi connectivity index (χ0v) is 9.53. The molecule has 2 heterocycles. The second-order valence-electron chi connectivity index (χ2n) is 4.31. The van der Waals surface area contributed by atoms with Crippen LogP contribution in [0.1, 0.15) is 30.9 Å². The van der Waals surface area contributed by atoms with Crippen LogP contribution in [0.15, 0.2) is 18.3 Å². The molecule has 1 aliphatic rings. The molecule has 1 unspecified atom stereocenters. The average molecular weight is 205 g/mol. The zero-order chi connectivity index (χ0) is 10.7. The van der Waals surface area contributed by atoms with Crippen molar-refractivity contribution in [1.82, 2.24) is 10.3 Å². The molecule has 0 radical (unpaired) electrons. The quantitative estimate of drug-likeness (QED) is 0.800. The summed E-state index contributed by atoms with van der Waals surface area (Å²) >= 11 is 0. The van der Waals surface area contributed by atoms with E-state index in [1.165, 1.54) is 24.8 Å². The third-order valence-electron chi connectivity index (χ3n) is 2.93. The maximum absolute atomic E-state index is 4.44. The Morgan fingerprint density at radius 2 is 2.27 bits per heavy atom. The molecule has 0 amide bonds. The molecule has 1 saturated heterocycles. The van der Waals surface area contributed by atoms with Crippen molar-refractivity contribution >= 4 is 5.82 Å². The van der Waals surface area contributed by atoms with E-state index in [-0.39, 0.29) is 0 Å². The molecule has 2 rings (SSSR count).